The minimum absolute atomic E-state index is 0. The van der Waals surface area contributed by atoms with E-state index in [1.807, 2.05) is 41.5 Å². The summed E-state index contributed by atoms with van der Waals surface area (Å²) in [5.41, 5.74) is 8.68. The van der Waals surface area contributed by atoms with Crippen LogP contribution in [0.4, 0.5) is 0 Å². The van der Waals surface area contributed by atoms with Gasteiger partial charge in [0.05, 0.1) is 14.2 Å². The molecular weight excluding hydrogens is 1140 g/mol. The Hall–Kier alpha value is -5.82. The molecule has 14 nitrogen and oxygen atoms in total. The van der Waals surface area contributed by atoms with Crippen molar-refractivity contribution in [3.05, 3.63) is 137 Å². The van der Waals surface area contributed by atoms with Crippen LogP contribution in [0.1, 0.15) is 153 Å². The van der Waals surface area contributed by atoms with Crippen molar-refractivity contribution in [3.8, 4) is 23.0 Å². The standard InChI is InChI=1S/3C16H23NOS.2C9H10O4.3CH4/c3*1-5-17-14-8-12-6-7-15(10-13(12)9-14)19-16(3,4)11(2)18;2*1-6(9(11)12)13-8-4-2-7(10)3-5-8;;;/h3*6-7,10,14,17H,5,8-9H2,1-4H3;2*2-6,10H,1H3,(H,11,12);3*1H4/t2*14-;;2*6-;;;/m11.11.../s1. The normalized spacial score (nSPS) is 15.9. The number of thioether (sulfide) groups is 3. The lowest BCUT2D eigenvalue weighted by Gasteiger charge is -2.20. The maximum Gasteiger partial charge on any atom is 0.344 e. The molecular formula is C69H101N3O11S3. The van der Waals surface area contributed by atoms with Crippen LogP contribution in [-0.2, 0) is 62.5 Å². The zero-order valence-corrected chi connectivity index (χ0v) is 53.4. The Morgan fingerprint density at radius 1 is 0.442 bits per heavy atom. The molecule has 0 heterocycles. The minimum Gasteiger partial charge on any atom is -0.508 e. The second-order valence-corrected chi connectivity index (χ2v) is 27.6. The van der Waals surface area contributed by atoms with Crippen LogP contribution in [0, 0.1) is 0 Å². The molecule has 476 valence electrons. The number of phenols is 2. The van der Waals surface area contributed by atoms with Crippen molar-refractivity contribution in [3.63, 3.8) is 0 Å². The third kappa shape index (κ3) is 25.5. The molecule has 86 heavy (non-hydrogen) atoms. The Labute approximate surface area is 527 Å². The largest absolute Gasteiger partial charge is 0.508 e. The first-order valence-corrected chi connectivity index (χ1v) is 30.9. The van der Waals surface area contributed by atoms with Crippen molar-refractivity contribution in [2.45, 2.75) is 217 Å². The van der Waals surface area contributed by atoms with Crippen molar-refractivity contribution in [1.29, 1.82) is 0 Å². The smallest absolute Gasteiger partial charge is 0.344 e. The van der Waals surface area contributed by atoms with E-state index in [0.717, 1.165) is 58.2 Å². The van der Waals surface area contributed by atoms with Gasteiger partial charge >= 0.3 is 11.9 Å². The molecule has 0 bridgehead atoms. The van der Waals surface area contributed by atoms with Gasteiger partial charge in [-0.1, -0.05) is 61.3 Å². The summed E-state index contributed by atoms with van der Waals surface area (Å²) in [6, 6.07) is 33.5. The SMILES string of the molecule is C.C.C.CCNC1Cc2ccc(SC(C)(C)C(C)=O)cc2C1.CCN[C@@H]1Cc2ccc(SC(C)(C)C(C)=O)cc2C1.CCN[C@@H]1Cc2ccc(SC(C)(C)C(C)=O)cc2C1.C[C@@H](Oc1ccc(O)cc1)C(=O)O.C[C@@H](Oc1ccc(O)cc1)C(=O)O. The fourth-order valence-electron chi connectivity index (χ4n) is 8.93. The molecule has 3 aliphatic carbocycles. The first-order valence-electron chi connectivity index (χ1n) is 28.5. The molecule has 0 radical (unpaired) electrons. The molecule has 5 aromatic carbocycles. The van der Waals surface area contributed by atoms with Gasteiger partial charge in [0.25, 0.3) is 0 Å². The number of carbonyl (C=O) groups excluding carboxylic acids is 3. The van der Waals surface area contributed by atoms with Gasteiger partial charge in [0.1, 0.15) is 40.3 Å². The molecule has 1 unspecified atom stereocenters. The third-order valence-corrected chi connectivity index (χ3v) is 18.3. The maximum atomic E-state index is 11.6. The van der Waals surface area contributed by atoms with E-state index in [4.69, 9.17) is 29.9 Å². The molecule has 5 atom stereocenters. The van der Waals surface area contributed by atoms with Gasteiger partial charge in [0.15, 0.2) is 12.2 Å². The lowest BCUT2D eigenvalue weighted by atomic mass is 10.1. The van der Waals surface area contributed by atoms with Crippen LogP contribution < -0.4 is 25.4 Å². The van der Waals surface area contributed by atoms with Gasteiger partial charge in [-0.2, -0.15) is 0 Å². The topological polar surface area (TPSA) is 221 Å². The molecule has 3 aliphatic rings. The number of hydrogen-bond acceptors (Lipinski definition) is 15. The lowest BCUT2D eigenvalue weighted by molar-refractivity contribution is -0.145. The Balaban J connectivity index is 0.000000538. The summed E-state index contributed by atoms with van der Waals surface area (Å²) in [5.74, 6) is -0.275. The summed E-state index contributed by atoms with van der Waals surface area (Å²) in [7, 11) is 0. The monoisotopic (exact) mass is 1240 g/mol. The molecule has 0 spiro atoms. The number of phenolic OH excluding ortho intramolecular Hbond substituents is 2. The zero-order valence-electron chi connectivity index (χ0n) is 50.9. The third-order valence-electron chi connectivity index (χ3n) is 14.5. The summed E-state index contributed by atoms with van der Waals surface area (Å²) in [4.78, 5) is 59.2. The molecule has 8 rings (SSSR count). The molecule has 0 fully saturated rings. The lowest BCUT2D eigenvalue weighted by Crippen LogP contribution is -2.28. The van der Waals surface area contributed by atoms with Gasteiger partial charge in [0.2, 0.25) is 0 Å². The molecule has 7 N–H and O–H groups in total. The number of nitrogens with one attached hydrogen (secondary N) is 3. The van der Waals surface area contributed by atoms with Crippen LogP contribution in [-0.4, -0.2) is 114 Å². The van der Waals surface area contributed by atoms with Crippen LogP contribution in [0.5, 0.6) is 23.0 Å². The molecule has 5 aromatic rings. The van der Waals surface area contributed by atoms with E-state index in [-0.39, 0.29) is 65.4 Å². The van der Waals surface area contributed by atoms with E-state index in [0.29, 0.717) is 29.6 Å². The number of hydrogen-bond donors (Lipinski definition) is 7. The maximum absolute atomic E-state index is 11.6. The number of carbonyl (C=O) groups is 5. The Morgan fingerprint density at radius 2 is 0.674 bits per heavy atom. The first-order chi connectivity index (χ1) is 38.9. The zero-order chi connectivity index (χ0) is 61.8. The first kappa shape index (κ1) is 78.2. The number of carboxylic acid groups (broad SMARTS) is 2. The Kier molecular flexibility index (Phi) is 33.2. The van der Waals surface area contributed by atoms with E-state index in [9.17, 15) is 24.0 Å². The highest BCUT2D eigenvalue weighted by Gasteiger charge is 2.30. The Bertz CT molecular complexity index is 2670. The number of benzene rings is 5. The fourth-order valence-corrected chi connectivity index (χ4v) is 12.1. The quantitative estimate of drug-likeness (QED) is 0.0340. The highest BCUT2D eigenvalue weighted by molar-refractivity contribution is 8.02. The van der Waals surface area contributed by atoms with Crippen LogP contribution in [0.2, 0.25) is 0 Å². The van der Waals surface area contributed by atoms with E-state index in [2.05, 4.69) is 91.3 Å². The number of likely N-dealkylation sites (N-methyl/N-ethyl adjacent to an activating group) is 3. The van der Waals surface area contributed by atoms with Gasteiger partial charge in [0, 0.05) is 32.8 Å². The predicted molar refractivity (Wildman–Crippen MR) is 358 cm³/mol. The summed E-state index contributed by atoms with van der Waals surface area (Å²) < 4.78 is 9.02. The summed E-state index contributed by atoms with van der Waals surface area (Å²) in [5, 5.41) is 45.5. The molecule has 0 aromatic heterocycles. The number of fused-ring (bicyclic) bond motifs is 3. The molecule has 0 amide bonds. The van der Waals surface area contributed by atoms with E-state index >= 15 is 0 Å². The van der Waals surface area contributed by atoms with Crippen molar-refractivity contribution in [2.75, 3.05) is 19.6 Å². The van der Waals surface area contributed by atoms with Crippen molar-refractivity contribution >= 4 is 64.6 Å². The van der Waals surface area contributed by atoms with Gasteiger partial charge < -0.3 is 45.9 Å². The van der Waals surface area contributed by atoms with Gasteiger partial charge in [-0.3, -0.25) is 14.4 Å². The second-order valence-electron chi connectivity index (χ2n) is 22.5. The van der Waals surface area contributed by atoms with Gasteiger partial charge in [-0.15, -0.1) is 35.3 Å². The minimum atomic E-state index is -1.02. The number of carboxylic acids is 2. The number of ether oxygens (including phenoxy) is 2. The molecule has 0 aliphatic heterocycles. The highest BCUT2D eigenvalue weighted by atomic mass is 32.2. The van der Waals surface area contributed by atoms with Crippen molar-refractivity contribution in [1.82, 2.24) is 16.0 Å². The van der Waals surface area contributed by atoms with E-state index in [1.54, 1.807) is 56.1 Å². The fraction of sp³-hybridized carbons (Fsp3) is 0.493. The van der Waals surface area contributed by atoms with Crippen LogP contribution >= 0.6 is 35.3 Å². The summed E-state index contributed by atoms with van der Waals surface area (Å²) in [6.45, 7) is 29.4. The summed E-state index contributed by atoms with van der Waals surface area (Å²) >= 11 is 4.99. The van der Waals surface area contributed by atoms with E-state index < -0.39 is 24.1 Å². The van der Waals surface area contributed by atoms with Crippen molar-refractivity contribution in [2.24, 2.45) is 0 Å². The average molecular weight is 1240 g/mol. The highest BCUT2D eigenvalue weighted by Crippen LogP contribution is 2.38. The van der Waals surface area contributed by atoms with E-state index in [1.165, 1.54) is 110 Å². The average Bonchev–Trinajstić information content (AvgIpc) is 2.26. The molecule has 17 heteroatoms. The number of Topliss-reactive ketones (excluding diaryl/α,β-unsaturated/α-hetero) is 3. The number of aliphatic carboxylic acids is 2. The number of aromatic hydroxyl groups is 2. The van der Waals surface area contributed by atoms with Crippen LogP contribution in [0.15, 0.2) is 118 Å². The number of ketones is 3. The van der Waals surface area contributed by atoms with Gasteiger partial charge in [-0.05, 0) is 253 Å². The summed E-state index contributed by atoms with van der Waals surface area (Å²) in [6.07, 6.45) is 4.95. The molecule has 0 saturated heterocycles. The Morgan fingerprint density at radius 3 is 0.884 bits per heavy atom. The van der Waals surface area contributed by atoms with Gasteiger partial charge in [-0.25, -0.2) is 9.59 Å². The molecule has 0 saturated carbocycles. The van der Waals surface area contributed by atoms with Crippen LogP contribution in [0.3, 0.4) is 0 Å². The van der Waals surface area contributed by atoms with Crippen molar-refractivity contribution < 1.29 is 53.9 Å². The predicted octanol–water partition coefficient (Wildman–Crippen LogP) is 14.1. The second kappa shape index (κ2) is 36.5. The van der Waals surface area contributed by atoms with Crippen LogP contribution in [0.25, 0.3) is 0 Å². The number of rotatable bonds is 21.